The average molecular weight is 510 g/mol. The predicted molar refractivity (Wildman–Crippen MR) is 141 cm³/mol. The number of rotatable bonds is 6. The Morgan fingerprint density at radius 1 is 1.03 bits per heavy atom. The van der Waals surface area contributed by atoms with E-state index in [-0.39, 0.29) is 11.5 Å². The minimum atomic E-state index is -1.50. The maximum absolute atomic E-state index is 13.4. The third-order valence-electron chi connectivity index (χ3n) is 8.27. The van der Waals surface area contributed by atoms with Crippen LogP contribution in [0.5, 0.6) is 0 Å². The van der Waals surface area contributed by atoms with Crippen molar-refractivity contribution in [3.05, 3.63) is 77.2 Å². The van der Waals surface area contributed by atoms with Gasteiger partial charge in [-0.2, -0.15) is 0 Å². The van der Waals surface area contributed by atoms with E-state index in [1.807, 2.05) is 0 Å². The number of piperidine rings is 1. The normalized spacial score (nSPS) is 22.1. The number of H-pyrrole nitrogens is 1. The highest BCUT2D eigenvalue weighted by Crippen LogP contribution is 2.37. The van der Waals surface area contributed by atoms with Gasteiger partial charge < -0.3 is 15.2 Å². The van der Waals surface area contributed by atoms with Crippen molar-refractivity contribution in [2.75, 3.05) is 13.1 Å². The first-order valence-corrected chi connectivity index (χ1v) is 13.3. The van der Waals surface area contributed by atoms with Crippen LogP contribution in [0, 0.1) is 23.4 Å². The molecule has 2 N–H and O–H groups in total. The van der Waals surface area contributed by atoms with Crippen LogP contribution in [0.3, 0.4) is 0 Å². The first-order chi connectivity index (χ1) is 17.9. The quantitative estimate of drug-likeness (QED) is 0.293. The number of nitrogens with zero attached hydrogens (tertiary/aromatic N) is 1. The van der Waals surface area contributed by atoms with Crippen LogP contribution in [0.1, 0.15) is 62.5 Å². The molecular weight excluding hydrogens is 475 g/mol. The lowest BCUT2D eigenvalue weighted by atomic mass is 9.81. The smallest absolute Gasteiger partial charge is 0.246 e. The van der Waals surface area contributed by atoms with E-state index < -0.39 is 17.5 Å². The number of benzene rings is 2. The monoisotopic (exact) mass is 509 g/mol. The molecule has 37 heavy (non-hydrogen) atoms. The topological polar surface area (TPSA) is 48.1 Å². The zero-order chi connectivity index (χ0) is 25.9. The molecule has 1 aromatic heterocycles. The summed E-state index contributed by atoms with van der Waals surface area (Å²) in [4.78, 5) is 17.8. The molecule has 1 aliphatic heterocycles. The van der Waals surface area contributed by atoms with Crippen LogP contribution < -0.4 is 5.32 Å². The van der Waals surface area contributed by atoms with Gasteiger partial charge in [0.15, 0.2) is 17.5 Å². The highest BCUT2D eigenvalue weighted by atomic mass is 19.2. The summed E-state index contributed by atoms with van der Waals surface area (Å²) in [6.45, 7) is 3.56. The molecule has 2 aliphatic rings. The number of carbonyl (C=O) groups excluding carboxylic acids is 1. The Balaban J connectivity index is 1.07. The number of carbonyl (C=O) groups is 1. The third-order valence-corrected chi connectivity index (χ3v) is 8.27. The van der Waals surface area contributed by atoms with Crippen molar-refractivity contribution in [1.82, 2.24) is 15.2 Å². The molecule has 196 valence electrons. The van der Waals surface area contributed by atoms with Crippen LogP contribution in [-0.4, -0.2) is 41.0 Å². The molecule has 2 heterocycles. The summed E-state index contributed by atoms with van der Waals surface area (Å²) in [6, 6.07) is 11.2. The van der Waals surface area contributed by atoms with E-state index in [0.717, 1.165) is 25.0 Å². The number of nitrogens with one attached hydrogen (secondary N) is 2. The van der Waals surface area contributed by atoms with Gasteiger partial charge in [0.1, 0.15) is 0 Å². The number of halogens is 3. The first-order valence-electron chi connectivity index (χ1n) is 13.3. The molecule has 1 atom stereocenters. The largest absolute Gasteiger partial charge is 0.361 e. The van der Waals surface area contributed by atoms with Gasteiger partial charge in [-0.3, -0.25) is 4.79 Å². The molecular formula is C30H34F3N3O. The minimum absolute atomic E-state index is 0.122. The van der Waals surface area contributed by atoms with Crippen molar-refractivity contribution in [3.63, 3.8) is 0 Å². The zero-order valence-electron chi connectivity index (χ0n) is 21.2. The van der Waals surface area contributed by atoms with Crippen LogP contribution in [0.2, 0.25) is 0 Å². The fourth-order valence-electron chi connectivity index (χ4n) is 6.07. The van der Waals surface area contributed by atoms with Crippen molar-refractivity contribution in [1.29, 1.82) is 0 Å². The summed E-state index contributed by atoms with van der Waals surface area (Å²) < 4.78 is 39.9. The van der Waals surface area contributed by atoms with Gasteiger partial charge in [-0.1, -0.05) is 18.2 Å². The fourth-order valence-corrected chi connectivity index (χ4v) is 6.07. The van der Waals surface area contributed by atoms with Gasteiger partial charge in [0, 0.05) is 48.3 Å². The molecule has 0 bridgehead atoms. The van der Waals surface area contributed by atoms with Crippen LogP contribution in [-0.2, 0) is 4.79 Å². The maximum Gasteiger partial charge on any atom is 0.246 e. The molecule has 3 aromatic rings. The predicted octanol–water partition coefficient (Wildman–Crippen LogP) is 6.54. The molecule has 5 rings (SSSR count). The second kappa shape index (κ2) is 11.1. The summed E-state index contributed by atoms with van der Waals surface area (Å²) in [5, 5.41) is 5.22. The molecule has 1 unspecified atom stereocenters. The van der Waals surface area contributed by atoms with Crippen molar-refractivity contribution >= 4 is 22.9 Å². The Kier molecular flexibility index (Phi) is 7.70. The Bertz CT molecular complexity index is 1250. The first kappa shape index (κ1) is 25.6. The number of aromatic nitrogens is 1. The van der Waals surface area contributed by atoms with E-state index in [0.29, 0.717) is 37.0 Å². The molecule has 1 aliphatic carbocycles. The minimum Gasteiger partial charge on any atom is -0.361 e. The molecule has 4 nitrogen and oxygen atoms in total. The lowest BCUT2D eigenvalue weighted by molar-refractivity contribution is -0.127. The molecule has 0 spiro atoms. The summed E-state index contributed by atoms with van der Waals surface area (Å²) in [6.07, 6.45) is 11.4. The van der Waals surface area contributed by atoms with Crippen LogP contribution in [0.25, 0.3) is 17.0 Å². The maximum atomic E-state index is 13.4. The molecule has 2 fully saturated rings. The molecule has 1 saturated carbocycles. The number of hydrogen-bond donors (Lipinski definition) is 2. The Morgan fingerprint density at radius 3 is 2.41 bits per heavy atom. The van der Waals surface area contributed by atoms with E-state index in [1.165, 1.54) is 54.3 Å². The summed E-state index contributed by atoms with van der Waals surface area (Å²) in [7, 11) is 0. The number of para-hydroxylation sites is 1. The summed E-state index contributed by atoms with van der Waals surface area (Å²) >= 11 is 0. The molecule has 1 saturated heterocycles. The fraction of sp³-hybridized carbons (Fsp3) is 0.433. The molecule has 0 radical (unpaired) electrons. The standard InChI is InChI=1S/C30H34F3N3O/c1-19(35-23-9-7-22(8-10-23)25-18-34-28-5-3-2-4-24(25)28)21-12-14-36(15-13-21)29(37)11-6-20-16-26(31)30(33)27(32)17-20/h2-6,11,16-19,21-23,34-35H,7-10,12-15H2,1H3/b11-6+. The lowest BCUT2D eigenvalue weighted by Crippen LogP contribution is -2.47. The van der Waals surface area contributed by atoms with Gasteiger partial charge in [-0.15, -0.1) is 0 Å². The Hall–Kier alpha value is -3.06. The second-order valence-electron chi connectivity index (χ2n) is 10.6. The van der Waals surface area contributed by atoms with E-state index in [1.54, 1.807) is 4.90 Å². The number of aromatic amines is 1. The van der Waals surface area contributed by atoms with Crippen LogP contribution >= 0.6 is 0 Å². The van der Waals surface area contributed by atoms with Crippen LogP contribution in [0.4, 0.5) is 13.2 Å². The zero-order valence-corrected chi connectivity index (χ0v) is 21.2. The highest BCUT2D eigenvalue weighted by Gasteiger charge is 2.29. The molecule has 1 amide bonds. The molecule has 7 heteroatoms. The van der Waals surface area contributed by atoms with Crippen molar-refractivity contribution in [2.24, 2.45) is 5.92 Å². The van der Waals surface area contributed by atoms with Crippen molar-refractivity contribution in [2.45, 2.75) is 63.5 Å². The van der Waals surface area contributed by atoms with E-state index >= 15 is 0 Å². The SMILES string of the molecule is CC(NC1CCC(c2c[nH]c3ccccc23)CC1)C1CCN(C(=O)/C=C/c2cc(F)c(F)c(F)c2)CC1. The van der Waals surface area contributed by atoms with E-state index in [4.69, 9.17) is 0 Å². The highest BCUT2D eigenvalue weighted by molar-refractivity contribution is 5.91. The van der Waals surface area contributed by atoms with Gasteiger partial charge in [0.25, 0.3) is 0 Å². The average Bonchev–Trinajstić information content (AvgIpc) is 3.35. The number of amides is 1. The number of fused-ring (bicyclic) bond motifs is 1. The van der Waals surface area contributed by atoms with Gasteiger partial charge in [0.05, 0.1) is 0 Å². The van der Waals surface area contributed by atoms with Crippen molar-refractivity contribution in [3.8, 4) is 0 Å². The van der Waals surface area contributed by atoms with E-state index in [9.17, 15) is 18.0 Å². The third kappa shape index (κ3) is 5.77. The Labute approximate surface area is 215 Å². The van der Waals surface area contributed by atoms with Crippen molar-refractivity contribution < 1.29 is 18.0 Å². The van der Waals surface area contributed by atoms with E-state index in [2.05, 4.69) is 47.7 Å². The number of hydrogen-bond acceptors (Lipinski definition) is 2. The number of likely N-dealkylation sites (tertiary alicyclic amines) is 1. The molecule has 2 aromatic carbocycles. The summed E-state index contributed by atoms with van der Waals surface area (Å²) in [5.41, 5.74) is 2.78. The van der Waals surface area contributed by atoms with Crippen LogP contribution in [0.15, 0.2) is 48.7 Å². The Morgan fingerprint density at radius 2 is 1.70 bits per heavy atom. The van der Waals surface area contributed by atoms with Gasteiger partial charge >= 0.3 is 0 Å². The van der Waals surface area contributed by atoms with Gasteiger partial charge in [0.2, 0.25) is 5.91 Å². The lowest BCUT2D eigenvalue weighted by Gasteiger charge is -2.38. The van der Waals surface area contributed by atoms with Gasteiger partial charge in [-0.25, -0.2) is 13.2 Å². The van der Waals surface area contributed by atoms with Gasteiger partial charge in [-0.05, 0) is 92.7 Å². The second-order valence-corrected chi connectivity index (χ2v) is 10.6. The summed E-state index contributed by atoms with van der Waals surface area (Å²) in [5.74, 6) is -3.12.